The van der Waals surface area contributed by atoms with E-state index in [1.165, 1.54) is 0 Å². The third-order valence-electron chi connectivity index (χ3n) is 2.50. The second kappa shape index (κ2) is 4.24. The highest BCUT2D eigenvalue weighted by atomic mass is 19.3. The number of benzene rings is 1. The van der Waals surface area contributed by atoms with Crippen LogP contribution in [0.15, 0.2) is 36.1 Å². The summed E-state index contributed by atoms with van der Waals surface area (Å²) in [4.78, 5) is 11.6. The molecule has 2 rings (SSSR count). The van der Waals surface area contributed by atoms with Crippen molar-refractivity contribution in [2.45, 2.75) is 12.3 Å². The minimum atomic E-state index is -3.65. The number of Topliss-reactive ketones (excluding diaryl/α,β-unsaturated/α-hetero) is 1. The van der Waals surface area contributed by atoms with Crippen LogP contribution in [0.4, 0.5) is 13.2 Å². The predicted octanol–water partition coefficient (Wildman–Crippen LogP) is 2.79. The highest BCUT2D eigenvalue weighted by Crippen LogP contribution is 2.33. The van der Waals surface area contributed by atoms with Crippen molar-refractivity contribution < 1.29 is 22.7 Å². The fraction of sp³-hybridized carbons (Fsp3) is 0.250. The third-order valence-corrected chi connectivity index (χ3v) is 2.50. The van der Waals surface area contributed by atoms with Crippen molar-refractivity contribution in [3.05, 3.63) is 47.5 Å². The highest BCUT2D eigenvalue weighted by Gasteiger charge is 2.43. The number of alkyl halides is 2. The molecule has 0 unspecified atom stereocenters. The molecule has 0 fully saturated rings. The summed E-state index contributed by atoms with van der Waals surface area (Å²) >= 11 is 0. The Hall–Kier alpha value is -1.78. The summed E-state index contributed by atoms with van der Waals surface area (Å²) in [6.07, 6.45) is 1.23. The molecule has 0 atom stereocenters. The molecule has 0 bridgehead atoms. The zero-order valence-corrected chi connectivity index (χ0v) is 8.75. The molecule has 90 valence electrons. The van der Waals surface area contributed by atoms with Crippen molar-refractivity contribution in [1.82, 2.24) is 0 Å². The first-order chi connectivity index (χ1) is 8.01. The molecule has 0 saturated carbocycles. The predicted molar refractivity (Wildman–Crippen MR) is 54.0 cm³/mol. The Labute approximate surface area is 95.7 Å². The van der Waals surface area contributed by atoms with E-state index < -0.39 is 23.1 Å². The molecule has 1 aliphatic rings. The molecule has 0 aliphatic carbocycles. The number of rotatable bonds is 3. The molecule has 0 saturated heterocycles. The number of carbonyl (C=O) groups excluding carboxylic acids is 1. The van der Waals surface area contributed by atoms with E-state index in [9.17, 15) is 18.0 Å². The van der Waals surface area contributed by atoms with Crippen LogP contribution < -0.4 is 0 Å². The maximum absolute atomic E-state index is 13.8. The first-order valence-corrected chi connectivity index (χ1v) is 5.01. The van der Waals surface area contributed by atoms with Crippen LogP contribution in [-0.4, -0.2) is 12.4 Å². The van der Waals surface area contributed by atoms with E-state index in [4.69, 9.17) is 4.74 Å². The van der Waals surface area contributed by atoms with E-state index in [2.05, 4.69) is 0 Å². The van der Waals surface area contributed by atoms with Crippen LogP contribution in [0, 0.1) is 5.82 Å². The van der Waals surface area contributed by atoms with Crippen molar-refractivity contribution in [3.8, 4) is 0 Å². The van der Waals surface area contributed by atoms with E-state index in [-0.39, 0.29) is 18.6 Å². The molecule has 1 heterocycles. The summed E-state index contributed by atoms with van der Waals surface area (Å²) in [6.45, 7) is 0.237. The molecule has 0 spiro atoms. The molecule has 5 heteroatoms. The first-order valence-electron chi connectivity index (χ1n) is 5.01. The Morgan fingerprint density at radius 3 is 2.41 bits per heavy atom. The Bertz CT molecular complexity index is 463. The smallest absolute Gasteiger partial charge is 0.334 e. The monoisotopic (exact) mass is 242 g/mol. The molecule has 1 aromatic carbocycles. The molecule has 1 aromatic rings. The van der Waals surface area contributed by atoms with Gasteiger partial charge in [0.05, 0.1) is 12.9 Å². The lowest BCUT2D eigenvalue weighted by Gasteiger charge is -2.15. The van der Waals surface area contributed by atoms with Crippen LogP contribution >= 0.6 is 0 Å². The minimum Gasteiger partial charge on any atom is -0.500 e. The van der Waals surface area contributed by atoms with Crippen LogP contribution in [0.1, 0.15) is 12.0 Å². The molecule has 1 aliphatic heterocycles. The lowest BCUT2D eigenvalue weighted by Crippen LogP contribution is -2.27. The summed E-state index contributed by atoms with van der Waals surface area (Å²) in [5.74, 6) is -5.56. The van der Waals surface area contributed by atoms with E-state index >= 15 is 0 Å². The summed E-state index contributed by atoms with van der Waals surface area (Å²) in [6, 6.07) is 3.61. The second-order valence-corrected chi connectivity index (χ2v) is 3.67. The van der Waals surface area contributed by atoms with E-state index in [0.717, 1.165) is 30.5 Å². The zero-order chi connectivity index (χ0) is 12.5. The van der Waals surface area contributed by atoms with Crippen LogP contribution in [-0.2, 0) is 15.5 Å². The quantitative estimate of drug-likeness (QED) is 0.814. The van der Waals surface area contributed by atoms with Gasteiger partial charge in [0.25, 0.3) is 0 Å². The van der Waals surface area contributed by atoms with Crippen molar-refractivity contribution in [2.75, 3.05) is 6.61 Å². The topological polar surface area (TPSA) is 26.3 Å². The van der Waals surface area contributed by atoms with Crippen LogP contribution in [0.25, 0.3) is 0 Å². The molecule has 0 N–H and O–H groups in total. The van der Waals surface area contributed by atoms with E-state index in [0.29, 0.717) is 0 Å². The zero-order valence-electron chi connectivity index (χ0n) is 8.75. The maximum Gasteiger partial charge on any atom is 0.334 e. The van der Waals surface area contributed by atoms with Crippen LogP contribution in [0.2, 0.25) is 0 Å². The molecule has 17 heavy (non-hydrogen) atoms. The maximum atomic E-state index is 13.8. The van der Waals surface area contributed by atoms with E-state index in [1.807, 2.05) is 0 Å². The van der Waals surface area contributed by atoms with E-state index in [1.54, 1.807) is 0 Å². The Morgan fingerprint density at radius 1 is 1.24 bits per heavy atom. The van der Waals surface area contributed by atoms with Crippen molar-refractivity contribution in [1.29, 1.82) is 0 Å². The standard InChI is InChI=1S/C12H9F3O2/c13-10-3-1-9(2-4-10)12(14,15)11(16)8-5-6-17-7-8/h1-4,7H,5-6H2. The van der Waals surface area contributed by atoms with Gasteiger partial charge < -0.3 is 4.74 Å². The van der Waals surface area contributed by atoms with Gasteiger partial charge in [-0.2, -0.15) is 8.78 Å². The van der Waals surface area contributed by atoms with Gasteiger partial charge in [0, 0.05) is 17.6 Å². The normalized spacial score (nSPS) is 15.4. The Morgan fingerprint density at radius 2 is 1.88 bits per heavy atom. The average molecular weight is 242 g/mol. The van der Waals surface area contributed by atoms with Gasteiger partial charge in [0.1, 0.15) is 5.82 Å². The largest absolute Gasteiger partial charge is 0.500 e. The summed E-state index contributed by atoms with van der Waals surface area (Å²) in [5, 5.41) is 0. The molecular weight excluding hydrogens is 233 g/mol. The van der Waals surface area contributed by atoms with Crippen molar-refractivity contribution in [2.24, 2.45) is 0 Å². The van der Waals surface area contributed by atoms with Gasteiger partial charge >= 0.3 is 5.92 Å². The molecule has 0 amide bonds. The molecule has 0 aromatic heterocycles. The van der Waals surface area contributed by atoms with Crippen LogP contribution in [0.5, 0.6) is 0 Å². The van der Waals surface area contributed by atoms with Gasteiger partial charge in [-0.25, -0.2) is 4.39 Å². The number of ketones is 1. The fourth-order valence-corrected chi connectivity index (χ4v) is 1.55. The average Bonchev–Trinajstić information content (AvgIpc) is 2.82. The molecule has 2 nitrogen and oxygen atoms in total. The van der Waals surface area contributed by atoms with Gasteiger partial charge in [0.15, 0.2) is 0 Å². The Balaban J connectivity index is 2.28. The summed E-state index contributed by atoms with van der Waals surface area (Å²) in [5.41, 5.74) is -0.559. The van der Waals surface area contributed by atoms with Gasteiger partial charge in [-0.15, -0.1) is 0 Å². The second-order valence-electron chi connectivity index (χ2n) is 3.67. The number of ether oxygens (including phenoxy) is 1. The SMILES string of the molecule is O=C(C1=COCC1)C(F)(F)c1ccc(F)cc1. The molecule has 0 radical (unpaired) electrons. The number of hydrogen-bond acceptors (Lipinski definition) is 2. The van der Waals surface area contributed by atoms with Gasteiger partial charge in [-0.1, -0.05) is 0 Å². The summed E-state index contributed by atoms with van der Waals surface area (Å²) in [7, 11) is 0. The fourth-order valence-electron chi connectivity index (χ4n) is 1.55. The lowest BCUT2D eigenvalue weighted by atomic mass is 9.98. The third kappa shape index (κ3) is 2.18. The number of hydrogen-bond donors (Lipinski definition) is 0. The number of carbonyl (C=O) groups is 1. The van der Waals surface area contributed by atoms with Crippen LogP contribution in [0.3, 0.4) is 0 Å². The Kier molecular flexibility index (Phi) is 2.92. The van der Waals surface area contributed by atoms with Crippen molar-refractivity contribution >= 4 is 5.78 Å². The summed E-state index contributed by atoms with van der Waals surface area (Å²) < 4.78 is 44.9. The lowest BCUT2D eigenvalue weighted by molar-refractivity contribution is -0.140. The highest BCUT2D eigenvalue weighted by molar-refractivity contribution is 6.01. The molecular formula is C12H9F3O2. The van der Waals surface area contributed by atoms with Gasteiger partial charge in [-0.3, -0.25) is 4.79 Å². The van der Waals surface area contributed by atoms with Gasteiger partial charge in [0.2, 0.25) is 5.78 Å². The van der Waals surface area contributed by atoms with Gasteiger partial charge in [-0.05, 0) is 24.3 Å². The van der Waals surface area contributed by atoms with Crippen molar-refractivity contribution in [3.63, 3.8) is 0 Å². The minimum absolute atomic E-state index is 0.0423. The number of halogens is 3. The first kappa shape index (κ1) is 11.7.